The number of nitriles is 1. The van der Waals surface area contributed by atoms with Crippen LogP contribution in [0, 0.1) is 24.2 Å². The number of hydrogen-bond donors (Lipinski definition) is 1. The number of hydrogen-bond acceptors (Lipinski definition) is 3. The van der Waals surface area contributed by atoms with Gasteiger partial charge in [0.1, 0.15) is 0 Å². The molecular formula is C14H18N2O2S. The molecule has 0 atom stereocenters. The predicted molar refractivity (Wildman–Crippen MR) is 73.0 cm³/mol. The summed E-state index contributed by atoms with van der Waals surface area (Å²) >= 11 is 0. The Hall–Kier alpha value is -1.38. The van der Waals surface area contributed by atoms with Gasteiger partial charge in [-0.25, -0.2) is 13.1 Å². The van der Waals surface area contributed by atoms with Crippen LogP contribution in [-0.4, -0.2) is 14.0 Å². The van der Waals surface area contributed by atoms with Crippen LogP contribution in [0.15, 0.2) is 23.1 Å². The summed E-state index contributed by atoms with van der Waals surface area (Å²) in [7, 11) is -3.54. The van der Waals surface area contributed by atoms with Crippen molar-refractivity contribution in [1.82, 2.24) is 4.72 Å². The Morgan fingerprint density at radius 1 is 1.37 bits per heavy atom. The lowest BCUT2D eigenvalue weighted by atomic mass is 10.0. The van der Waals surface area contributed by atoms with Crippen LogP contribution >= 0.6 is 0 Å². The van der Waals surface area contributed by atoms with Gasteiger partial charge in [0.05, 0.1) is 16.5 Å². The molecule has 1 aliphatic carbocycles. The monoisotopic (exact) mass is 278 g/mol. The number of nitrogens with one attached hydrogen (secondary N) is 1. The standard InChI is InChI=1S/C14H18N2O2S/c1-10-8-11(9-15)4-7-13(10)19(17,18)16-14(2,3)12-5-6-12/h4,7-8,12,16H,5-6H2,1-3H3. The molecular weight excluding hydrogens is 260 g/mol. The van der Waals surface area contributed by atoms with E-state index in [4.69, 9.17) is 5.26 Å². The summed E-state index contributed by atoms with van der Waals surface area (Å²) in [5.41, 5.74) is 0.648. The van der Waals surface area contributed by atoms with Gasteiger partial charge in [-0.1, -0.05) is 0 Å². The van der Waals surface area contributed by atoms with Crippen LogP contribution in [0.5, 0.6) is 0 Å². The van der Waals surface area contributed by atoms with E-state index in [0.717, 1.165) is 12.8 Å². The number of nitrogens with zero attached hydrogens (tertiary/aromatic N) is 1. The lowest BCUT2D eigenvalue weighted by molar-refractivity contribution is 0.400. The topological polar surface area (TPSA) is 70.0 Å². The van der Waals surface area contributed by atoms with Gasteiger partial charge in [0, 0.05) is 5.54 Å². The first-order valence-corrected chi connectivity index (χ1v) is 7.79. The van der Waals surface area contributed by atoms with Crippen molar-refractivity contribution >= 4 is 10.0 Å². The molecule has 1 N–H and O–H groups in total. The first-order chi connectivity index (χ1) is 8.76. The molecule has 0 unspecified atom stereocenters. The van der Waals surface area contributed by atoms with E-state index < -0.39 is 15.6 Å². The van der Waals surface area contributed by atoms with Crippen LogP contribution in [0.25, 0.3) is 0 Å². The molecule has 1 aromatic rings. The molecule has 4 nitrogen and oxygen atoms in total. The molecule has 0 aliphatic heterocycles. The van der Waals surface area contributed by atoms with Crippen LogP contribution in [-0.2, 0) is 10.0 Å². The van der Waals surface area contributed by atoms with E-state index in [1.165, 1.54) is 12.1 Å². The highest BCUT2D eigenvalue weighted by Gasteiger charge is 2.40. The van der Waals surface area contributed by atoms with Gasteiger partial charge in [-0.3, -0.25) is 0 Å². The maximum absolute atomic E-state index is 12.4. The Kier molecular flexibility index (Phi) is 3.41. The van der Waals surface area contributed by atoms with Crippen molar-refractivity contribution in [3.63, 3.8) is 0 Å². The fourth-order valence-electron chi connectivity index (χ4n) is 2.31. The third-order valence-corrected chi connectivity index (χ3v) is 5.42. The van der Waals surface area contributed by atoms with Gasteiger partial charge < -0.3 is 0 Å². The van der Waals surface area contributed by atoms with Gasteiger partial charge in [0.2, 0.25) is 10.0 Å². The molecule has 0 radical (unpaired) electrons. The molecule has 1 aromatic carbocycles. The molecule has 0 spiro atoms. The van der Waals surface area contributed by atoms with E-state index in [2.05, 4.69) is 4.72 Å². The molecule has 19 heavy (non-hydrogen) atoms. The zero-order chi connectivity index (χ0) is 14.3. The fraction of sp³-hybridized carbons (Fsp3) is 0.500. The van der Waals surface area contributed by atoms with E-state index in [1.54, 1.807) is 13.0 Å². The number of aryl methyl sites for hydroxylation is 1. The first kappa shape index (κ1) is 14.0. The van der Waals surface area contributed by atoms with E-state index in [9.17, 15) is 8.42 Å². The Balaban J connectivity index is 2.32. The van der Waals surface area contributed by atoms with E-state index in [0.29, 0.717) is 17.0 Å². The molecule has 0 heterocycles. The zero-order valence-corrected chi connectivity index (χ0v) is 12.2. The van der Waals surface area contributed by atoms with Gasteiger partial charge in [-0.2, -0.15) is 5.26 Å². The summed E-state index contributed by atoms with van der Waals surface area (Å²) in [6.07, 6.45) is 2.14. The lowest BCUT2D eigenvalue weighted by Gasteiger charge is -2.26. The van der Waals surface area contributed by atoms with Crippen LogP contribution < -0.4 is 4.72 Å². The smallest absolute Gasteiger partial charge is 0.207 e. The van der Waals surface area contributed by atoms with Crippen molar-refractivity contribution in [1.29, 1.82) is 5.26 Å². The minimum atomic E-state index is -3.54. The fourth-order valence-corrected chi connectivity index (χ4v) is 4.01. The highest BCUT2D eigenvalue weighted by Crippen LogP contribution is 2.40. The minimum Gasteiger partial charge on any atom is -0.207 e. The molecule has 1 fully saturated rings. The summed E-state index contributed by atoms with van der Waals surface area (Å²) in [6.45, 7) is 5.54. The Morgan fingerprint density at radius 3 is 2.47 bits per heavy atom. The van der Waals surface area contributed by atoms with Crippen molar-refractivity contribution in [3.05, 3.63) is 29.3 Å². The van der Waals surface area contributed by atoms with Crippen LogP contribution in [0.2, 0.25) is 0 Å². The average molecular weight is 278 g/mol. The van der Waals surface area contributed by atoms with Crippen LogP contribution in [0.4, 0.5) is 0 Å². The Morgan fingerprint density at radius 2 is 2.00 bits per heavy atom. The molecule has 0 saturated heterocycles. The molecule has 5 heteroatoms. The van der Waals surface area contributed by atoms with E-state index >= 15 is 0 Å². The molecule has 0 bridgehead atoms. The summed E-state index contributed by atoms with van der Waals surface area (Å²) in [4.78, 5) is 0.250. The van der Waals surface area contributed by atoms with E-state index in [-0.39, 0.29) is 4.90 Å². The maximum atomic E-state index is 12.4. The highest BCUT2D eigenvalue weighted by atomic mass is 32.2. The molecule has 0 amide bonds. The highest BCUT2D eigenvalue weighted by molar-refractivity contribution is 7.89. The molecule has 1 saturated carbocycles. The second kappa shape index (κ2) is 4.62. The van der Waals surface area contributed by atoms with Crippen molar-refractivity contribution in [2.24, 2.45) is 5.92 Å². The molecule has 1 aliphatic rings. The SMILES string of the molecule is Cc1cc(C#N)ccc1S(=O)(=O)NC(C)(C)C1CC1. The average Bonchev–Trinajstić information content (AvgIpc) is 3.10. The van der Waals surface area contributed by atoms with Gasteiger partial charge in [0.25, 0.3) is 0 Å². The van der Waals surface area contributed by atoms with E-state index in [1.807, 2.05) is 19.9 Å². The Bertz CT molecular complexity index is 638. The zero-order valence-electron chi connectivity index (χ0n) is 11.4. The van der Waals surface area contributed by atoms with Crippen molar-refractivity contribution in [2.75, 3.05) is 0 Å². The Labute approximate surface area is 114 Å². The number of sulfonamides is 1. The molecule has 102 valence electrons. The maximum Gasteiger partial charge on any atom is 0.241 e. The normalized spacial score (nSPS) is 16.1. The van der Waals surface area contributed by atoms with Crippen molar-refractivity contribution < 1.29 is 8.42 Å². The second-order valence-corrected chi connectivity index (χ2v) is 7.34. The summed E-state index contributed by atoms with van der Waals surface area (Å²) in [5, 5.41) is 8.81. The van der Waals surface area contributed by atoms with Gasteiger partial charge >= 0.3 is 0 Å². The third-order valence-electron chi connectivity index (χ3n) is 3.59. The largest absolute Gasteiger partial charge is 0.241 e. The second-order valence-electron chi connectivity index (χ2n) is 5.69. The number of benzene rings is 1. The quantitative estimate of drug-likeness (QED) is 0.919. The van der Waals surface area contributed by atoms with Crippen LogP contribution in [0.3, 0.4) is 0 Å². The minimum absolute atomic E-state index is 0.250. The van der Waals surface area contributed by atoms with Gasteiger partial charge in [-0.15, -0.1) is 0 Å². The summed E-state index contributed by atoms with van der Waals surface area (Å²) in [5.74, 6) is 0.418. The number of rotatable bonds is 4. The predicted octanol–water partition coefficient (Wildman–Crippen LogP) is 2.33. The molecule has 0 aromatic heterocycles. The van der Waals surface area contributed by atoms with Crippen molar-refractivity contribution in [2.45, 2.75) is 44.0 Å². The molecule has 2 rings (SSSR count). The van der Waals surface area contributed by atoms with Gasteiger partial charge in [0.15, 0.2) is 0 Å². The first-order valence-electron chi connectivity index (χ1n) is 6.31. The van der Waals surface area contributed by atoms with Crippen LogP contribution in [0.1, 0.15) is 37.8 Å². The lowest BCUT2D eigenvalue weighted by Crippen LogP contribution is -2.45. The summed E-state index contributed by atoms with van der Waals surface area (Å²) < 4.78 is 27.6. The van der Waals surface area contributed by atoms with Crippen molar-refractivity contribution in [3.8, 4) is 6.07 Å². The van der Waals surface area contributed by atoms with Gasteiger partial charge in [-0.05, 0) is 63.3 Å². The third kappa shape index (κ3) is 2.96. The summed E-state index contributed by atoms with van der Waals surface area (Å²) in [6, 6.07) is 6.64.